The summed E-state index contributed by atoms with van der Waals surface area (Å²) < 4.78 is 8.69. The van der Waals surface area contributed by atoms with Crippen LogP contribution in [0.5, 0.6) is 5.75 Å². The highest BCUT2D eigenvalue weighted by atomic mass is 32.1. The van der Waals surface area contributed by atoms with Gasteiger partial charge in [0.15, 0.2) is 5.13 Å². The van der Waals surface area contributed by atoms with Gasteiger partial charge in [-0.1, -0.05) is 11.3 Å². The fourth-order valence-electron chi connectivity index (χ4n) is 2.93. The monoisotopic (exact) mass is 339 g/mol. The molecule has 4 rings (SSSR count). The molecular weight excluding hydrogens is 322 g/mol. The summed E-state index contributed by atoms with van der Waals surface area (Å²) in [6.07, 6.45) is 3.44. The van der Waals surface area contributed by atoms with E-state index in [1.807, 2.05) is 13.0 Å². The maximum atomic E-state index is 5.36. The summed E-state index contributed by atoms with van der Waals surface area (Å²) in [5.41, 5.74) is 3.85. The van der Waals surface area contributed by atoms with Crippen molar-refractivity contribution in [3.8, 4) is 5.75 Å². The second-order valence-corrected chi connectivity index (χ2v) is 6.43. The molecule has 0 fully saturated rings. The third-order valence-corrected chi connectivity index (χ3v) is 4.95. The molecule has 0 saturated carbocycles. The van der Waals surface area contributed by atoms with Crippen LogP contribution in [0.2, 0.25) is 0 Å². The molecule has 0 aliphatic heterocycles. The van der Waals surface area contributed by atoms with Crippen LogP contribution in [0.4, 0.5) is 10.8 Å². The number of ether oxygens (including phenoxy) is 1. The predicted molar refractivity (Wildman–Crippen MR) is 97.4 cm³/mol. The number of imidazole rings is 1. The largest absolute Gasteiger partial charge is 0.494 e. The Hall–Kier alpha value is -2.67. The molecule has 1 N–H and O–H groups in total. The summed E-state index contributed by atoms with van der Waals surface area (Å²) >= 11 is 1.61. The molecule has 0 spiro atoms. The molecule has 24 heavy (non-hydrogen) atoms. The number of benzene rings is 1. The molecule has 3 aromatic heterocycles. The van der Waals surface area contributed by atoms with Gasteiger partial charge in [0.05, 0.1) is 29.0 Å². The summed E-state index contributed by atoms with van der Waals surface area (Å²) in [5, 5.41) is 4.12. The number of thiazole rings is 1. The Balaban J connectivity index is 1.85. The highest BCUT2D eigenvalue weighted by Gasteiger charge is 2.14. The summed E-state index contributed by atoms with van der Waals surface area (Å²) in [7, 11) is 1.64. The van der Waals surface area contributed by atoms with E-state index in [9.17, 15) is 0 Å². The van der Waals surface area contributed by atoms with Crippen LogP contribution >= 0.6 is 11.3 Å². The number of nitrogens with one attached hydrogen (secondary N) is 1. The lowest BCUT2D eigenvalue weighted by atomic mass is 10.3. The predicted octanol–water partition coefficient (Wildman–Crippen LogP) is 4.12. The smallest absolute Gasteiger partial charge is 0.188 e. The van der Waals surface area contributed by atoms with Crippen molar-refractivity contribution in [3.63, 3.8) is 0 Å². The Morgan fingerprint density at radius 1 is 1.25 bits per heavy atom. The van der Waals surface area contributed by atoms with E-state index in [1.165, 1.54) is 0 Å². The quantitative estimate of drug-likeness (QED) is 0.606. The summed E-state index contributed by atoms with van der Waals surface area (Å²) in [6, 6.07) is 5.96. The molecular formula is C17H17N5OS. The minimum absolute atomic E-state index is 0.740. The third-order valence-electron chi connectivity index (χ3n) is 4.01. The number of hydrogen-bond acceptors (Lipinski definition) is 6. The number of rotatable bonds is 4. The number of aryl methyl sites for hydroxylation is 2. The van der Waals surface area contributed by atoms with Crippen LogP contribution in [-0.4, -0.2) is 26.6 Å². The van der Waals surface area contributed by atoms with Gasteiger partial charge in [0.2, 0.25) is 0 Å². The van der Waals surface area contributed by atoms with Crippen LogP contribution < -0.4 is 10.1 Å². The second kappa shape index (κ2) is 5.76. The van der Waals surface area contributed by atoms with Crippen molar-refractivity contribution in [1.82, 2.24) is 19.5 Å². The number of hydrogen-bond donors (Lipinski definition) is 1. The van der Waals surface area contributed by atoms with E-state index in [1.54, 1.807) is 30.8 Å². The molecule has 4 aromatic rings. The number of nitrogens with zero attached hydrogens (tertiary/aromatic N) is 4. The highest BCUT2D eigenvalue weighted by Crippen LogP contribution is 2.35. The van der Waals surface area contributed by atoms with E-state index < -0.39 is 0 Å². The van der Waals surface area contributed by atoms with Crippen molar-refractivity contribution in [2.24, 2.45) is 0 Å². The zero-order valence-corrected chi connectivity index (χ0v) is 14.5. The maximum Gasteiger partial charge on any atom is 0.188 e. The lowest BCUT2D eigenvalue weighted by molar-refractivity contribution is 0.416. The van der Waals surface area contributed by atoms with Crippen LogP contribution in [0.25, 0.3) is 21.3 Å². The highest BCUT2D eigenvalue weighted by molar-refractivity contribution is 7.22. The van der Waals surface area contributed by atoms with Gasteiger partial charge < -0.3 is 14.6 Å². The molecule has 0 radical (unpaired) electrons. The number of aromatic nitrogens is 4. The van der Waals surface area contributed by atoms with Crippen LogP contribution in [0.3, 0.4) is 0 Å². The molecule has 122 valence electrons. The molecule has 3 heterocycles. The number of pyridine rings is 1. The first-order chi connectivity index (χ1) is 11.7. The zero-order valence-electron chi connectivity index (χ0n) is 13.7. The number of methoxy groups -OCH3 is 1. The van der Waals surface area contributed by atoms with Crippen molar-refractivity contribution in [3.05, 3.63) is 36.4 Å². The normalized spacial score (nSPS) is 11.3. The summed E-state index contributed by atoms with van der Waals surface area (Å²) in [5.74, 6) is 1.75. The lowest BCUT2D eigenvalue weighted by Crippen LogP contribution is -1.97. The van der Waals surface area contributed by atoms with E-state index in [0.717, 1.165) is 50.2 Å². The van der Waals surface area contributed by atoms with Crippen molar-refractivity contribution >= 4 is 43.4 Å². The van der Waals surface area contributed by atoms with E-state index in [2.05, 4.69) is 38.9 Å². The fourth-order valence-corrected chi connectivity index (χ4v) is 3.81. The maximum absolute atomic E-state index is 5.36. The van der Waals surface area contributed by atoms with Gasteiger partial charge in [-0.05, 0) is 26.0 Å². The van der Waals surface area contributed by atoms with Gasteiger partial charge in [0, 0.05) is 18.8 Å². The van der Waals surface area contributed by atoms with Crippen molar-refractivity contribution < 1.29 is 4.74 Å². The molecule has 6 nitrogen and oxygen atoms in total. The average molecular weight is 339 g/mol. The molecule has 0 aliphatic rings. The van der Waals surface area contributed by atoms with E-state index in [4.69, 9.17) is 9.72 Å². The first kappa shape index (κ1) is 14.9. The standard InChI is InChI=1S/C17H17N5OS/c1-4-22-10(2)19-11-5-6-14-15(16(11)22)21-17(24-14)20-12-9-18-8-7-13(12)23-3/h5-9H,4H2,1-3H3,(H,20,21). The van der Waals surface area contributed by atoms with Gasteiger partial charge in [-0.15, -0.1) is 0 Å². The SMILES string of the molecule is CCn1c(C)nc2ccc3sc(Nc4cnccc4OC)nc3c21. The second-order valence-electron chi connectivity index (χ2n) is 5.40. The Morgan fingerprint density at radius 2 is 2.12 bits per heavy atom. The van der Waals surface area contributed by atoms with Gasteiger partial charge in [0.25, 0.3) is 0 Å². The van der Waals surface area contributed by atoms with Crippen molar-refractivity contribution in [1.29, 1.82) is 0 Å². The van der Waals surface area contributed by atoms with E-state index in [0.29, 0.717) is 0 Å². The number of anilines is 2. The summed E-state index contributed by atoms with van der Waals surface area (Å²) in [4.78, 5) is 13.6. The average Bonchev–Trinajstić information content (AvgIpc) is 3.14. The van der Waals surface area contributed by atoms with E-state index in [-0.39, 0.29) is 0 Å². The van der Waals surface area contributed by atoms with Crippen molar-refractivity contribution in [2.45, 2.75) is 20.4 Å². The third kappa shape index (κ3) is 2.28. The van der Waals surface area contributed by atoms with Gasteiger partial charge in [-0.25, -0.2) is 9.97 Å². The van der Waals surface area contributed by atoms with Gasteiger partial charge >= 0.3 is 0 Å². The Bertz CT molecular complexity index is 1040. The van der Waals surface area contributed by atoms with Gasteiger partial charge in [0.1, 0.15) is 22.8 Å². The Kier molecular flexibility index (Phi) is 3.57. The minimum Gasteiger partial charge on any atom is -0.494 e. The van der Waals surface area contributed by atoms with Crippen LogP contribution in [0, 0.1) is 6.92 Å². The lowest BCUT2D eigenvalue weighted by Gasteiger charge is -2.07. The first-order valence-electron chi connectivity index (χ1n) is 7.72. The molecule has 1 aromatic carbocycles. The van der Waals surface area contributed by atoms with Crippen LogP contribution in [-0.2, 0) is 6.54 Å². The minimum atomic E-state index is 0.740. The number of fused-ring (bicyclic) bond motifs is 3. The molecule has 0 bridgehead atoms. The van der Waals surface area contributed by atoms with Crippen molar-refractivity contribution in [2.75, 3.05) is 12.4 Å². The van der Waals surface area contributed by atoms with Crippen LogP contribution in [0.15, 0.2) is 30.6 Å². The Labute approximate surface area is 143 Å². The summed E-state index contributed by atoms with van der Waals surface area (Å²) in [6.45, 7) is 5.03. The first-order valence-corrected chi connectivity index (χ1v) is 8.54. The zero-order chi connectivity index (χ0) is 16.7. The molecule has 0 aliphatic carbocycles. The molecule has 0 saturated heterocycles. The van der Waals surface area contributed by atoms with E-state index >= 15 is 0 Å². The molecule has 0 atom stereocenters. The molecule has 0 unspecified atom stereocenters. The topological polar surface area (TPSA) is 64.9 Å². The van der Waals surface area contributed by atoms with Gasteiger partial charge in [-0.3, -0.25) is 4.98 Å². The molecule has 0 amide bonds. The molecule has 7 heteroatoms. The van der Waals surface area contributed by atoms with Crippen LogP contribution in [0.1, 0.15) is 12.7 Å². The van der Waals surface area contributed by atoms with Gasteiger partial charge in [-0.2, -0.15) is 0 Å². The Morgan fingerprint density at radius 3 is 2.92 bits per heavy atom. The fraction of sp³-hybridized carbons (Fsp3) is 0.235.